The number of aliphatic hydroxyl groups excluding tert-OH is 3. The Bertz CT molecular complexity index is 473. The van der Waals surface area contributed by atoms with Gasteiger partial charge in [-0.15, -0.1) is 0 Å². The maximum atomic E-state index is 9.58. The Kier molecular flexibility index (Phi) is 27.3. The van der Waals surface area contributed by atoms with Gasteiger partial charge < -0.3 is 74.7 Å². The first kappa shape index (κ1) is 37.9. The number of carboxylic acids is 6. The quantitative estimate of drug-likeness (QED) is 0.183. The van der Waals surface area contributed by atoms with E-state index in [9.17, 15) is 59.4 Å². The van der Waals surface area contributed by atoms with Crippen LogP contribution in [0, 0.1) is 0 Å². The van der Waals surface area contributed by atoms with E-state index in [1.165, 1.54) is 0 Å². The second-order valence-corrected chi connectivity index (χ2v) is 4.23. The van der Waals surface area contributed by atoms with E-state index in [2.05, 4.69) is 0 Å². The molecule has 0 fully saturated rings. The zero-order chi connectivity index (χ0) is 22.3. The fourth-order valence-corrected chi connectivity index (χ4v) is 0.724. The minimum absolute atomic E-state index is 0. The van der Waals surface area contributed by atoms with Crippen molar-refractivity contribution in [2.75, 3.05) is 0 Å². The van der Waals surface area contributed by atoms with Gasteiger partial charge in [0.25, 0.3) is 0 Å². The van der Waals surface area contributed by atoms with E-state index in [4.69, 9.17) is 15.3 Å². The summed E-state index contributed by atoms with van der Waals surface area (Å²) in [5.74, 6) is -10.3. The number of carboxylic acid groups (broad SMARTS) is 6. The van der Waals surface area contributed by atoms with Crippen LogP contribution in [0.1, 0.15) is 19.3 Å². The van der Waals surface area contributed by atoms with Gasteiger partial charge in [-0.3, -0.25) is 0 Å². The van der Waals surface area contributed by atoms with Gasteiger partial charge in [0, 0.05) is 37.2 Å². The first-order chi connectivity index (χ1) is 12.1. The third-order valence-electron chi connectivity index (χ3n) is 1.90. The molecule has 172 valence electrons. The van der Waals surface area contributed by atoms with E-state index in [0.717, 1.165) is 0 Å². The Hall–Kier alpha value is -1.82. The number of rotatable bonds is 9. The van der Waals surface area contributed by atoms with Crippen LogP contribution < -0.4 is 30.6 Å². The predicted molar refractivity (Wildman–Crippen MR) is 61.9 cm³/mol. The first-order valence-electron chi connectivity index (χ1n) is 6.38. The minimum atomic E-state index is -1.96. The van der Waals surface area contributed by atoms with Crippen molar-refractivity contribution in [1.29, 1.82) is 0 Å². The standard InChI is InChI=1S/3C4H6O5.2Au/c3*5-2(4(8)9)1-3(6)7;;/h3*2,5H,1H2,(H,6,7)(H,8,9);;/q;;;2*+3/p-6. The second kappa shape index (κ2) is 20.9. The number of aliphatic hydroxyl groups is 3. The van der Waals surface area contributed by atoms with Crippen molar-refractivity contribution in [3.8, 4) is 0 Å². The third kappa shape index (κ3) is 31.1. The largest absolute Gasteiger partial charge is 3.00 e. The smallest absolute Gasteiger partial charge is 0.550 e. The molecule has 0 radical (unpaired) electrons. The summed E-state index contributed by atoms with van der Waals surface area (Å²) in [5.41, 5.74) is 0. The van der Waals surface area contributed by atoms with E-state index in [-0.39, 0.29) is 44.8 Å². The minimum Gasteiger partial charge on any atom is -0.550 e. The van der Waals surface area contributed by atoms with Gasteiger partial charge in [0.1, 0.15) is 0 Å². The zero-order valence-corrected chi connectivity index (χ0v) is 18.0. The van der Waals surface area contributed by atoms with Crippen LogP contribution in [0.5, 0.6) is 0 Å². The van der Waals surface area contributed by atoms with Crippen LogP contribution in [-0.4, -0.2) is 69.4 Å². The maximum Gasteiger partial charge on any atom is 3.00 e. The Balaban J connectivity index is -0.0000000960. The van der Waals surface area contributed by atoms with Gasteiger partial charge in [0.05, 0.1) is 36.2 Å². The van der Waals surface area contributed by atoms with E-state index >= 15 is 0 Å². The van der Waals surface area contributed by atoms with Crippen LogP contribution in [0.2, 0.25) is 0 Å². The number of carbonyl (C=O) groups excluding carboxylic acids is 6. The maximum absolute atomic E-state index is 9.58. The summed E-state index contributed by atoms with van der Waals surface area (Å²) in [7, 11) is 0. The molecule has 0 bridgehead atoms. The van der Waals surface area contributed by atoms with Crippen molar-refractivity contribution in [1.82, 2.24) is 0 Å². The van der Waals surface area contributed by atoms with Gasteiger partial charge in [-0.1, -0.05) is 0 Å². The predicted octanol–water partition coefficient (Wildman–Crippen LogP) is -11.3. The molecule has 17 heteroatoms. The Morgan fingerprint density at radius 1 is 0.483 bits per heavy atom. The molecule has 29 heavy (non-hydrogen) atoms. The average Bonchev–Trinajstić information content (AvgIpc) is 2.46. The molecule has 0 spiro atoms. The van der Waals surface area contributed by atoms with Gasteiger partial charge in [0.2, 0.25) is 0 Å². The van der Waals surface area contributed by atoms with E-state index in [1.807, 2.05) is 0 Å². The summed E-state index contributed by atoms with van der Waals surface area (Å²) in [6.07, 6.45) is -8.67. The van der Waals surface area contributed by atoms with Crippen LogP contribution in [0.25, 0.3) is 0 Å². The summed E-state index contributed by atoms with van der Waals surface area (Å²) in [6.45, 7) is 0. The molecule has 3 N–H and O–H groups in total. The van der Waals surface area contributed by atoms with Gasteiger partial charge in [-0.2, -0.15) is 0 Å². The van der Waals surface area contributed by atoms with E-state index in [0.29, 0.717) is 0 Å². The molecule has 0 saturated carbocycles. The third-order valence-corrected chi connectivity index (χ3v) is 1.90. The molecule has 3 atom stereocenters. The molecule has 0 aliphatic heterocycles. The topological polar surface area (TPSA) is 301 Å². The molecular weight excluding hydrogens is 778 g/mol. The molecule has 0 heterocycles. The molecule has 0 aromatic rings. The molecule has 0 aliphatic carbocycles. The molecule has 0 rings (SSSR count). The Labute approximate surface area is 192 Å². The SMILES string of the molecule is O=C([O-])CC(O)C(=O)[O-].O=C([O-])CC(O)C(=O)[O-].O=C([O-])CC(O)C(=O)[O-].[Au+3].[Au+3]. The average molecular weight is 790 g/mol. The molecule has 0 saturated heterocycles. The van der Waals surface area contributed by atoms with E-state index in [1.54, 1.807) is 0 Å². The summed E-state index contributed by atoms with van der Waals surface area (Å²) >= 11 is 0. The zero-order valence-electron chi connectivity index (χ0n) is 13.7. The van der Waals surface area contributed by atoms with Crippen LogP contribution in [0.3, 0.4) is 0 Å². The van der Waals surface area contributed by atoms with Crippen LogP contribution in [0.15, 0.2) is 0 Å². The molecule has 0 aromatic heterocycles. The molecular formula is C12H12Au2O15. The fourth-order valence-electron chi connectivity index (χ4n) is 0.724. The van der Waals surface area contributed by atoms with Gasteiger partial charge >= 0.3 is 44.8 Å². The molecule has 0 aliphatic rings. The molecule has 0 amide bonds. The van der Waals surface area contributed by atoms with Crippen molar-refractivity contribution in [2.45, 2.75) is 37.6 Å². The molecule has 15 nitrogen and oxygen atoms in total. The van der Waals surface area contributed by atoms with Crippen molar-refractivity contribution in [2.24, 2.45) is 0 Å². The van der Waals surface area contributed by atoms with E-state index < -0.39 is 73.4 Å². The summed E-state index contributed by atoms with van der Waals surface area (Å²) in [4.78, 5) is 57.4. The molecule has 3 unspecified atom stereocenters. The number of carbonyl (C=O) groups is 6. The Morgan fingerprint density at radius 3 is 0.655 bits per heavy atom. The summed E-state index contributed by atoms with van der Waals surface area (Å²) < 4.78 is 0. The van der Waals surface area contributed by atoms with Crippen LogP contribution in [-0.2, 0) is 73.5 Å². The Morgan fingerprint density at radius 2 is 0.621 bits per heavy atom. The number of hydrogen-bond donors (Lipinski definition) is 3. The number of aliphatic carboxylic acids is 6. The van der Waals surface area contributed by atoms with Gasteiger partial charge in [-0.25, -0.2) is 0 Å². The molecule has 0 aromatic carbocycles. The van der Waals surface area contributed by atoms with Crippen molar-refractivity contribution >= 4 is 35.8 Å². The summed E-state index contributed by atoms with van der Waals surface area (Å²) in [5, 5.41) is 82.0. The van der Waals surface area contributed by atoms with Crippen LogP contribution in [0.4, 0.5) is 0 Å². The van der Waals surface area contributed by atoms with Crippen molar-refractivity contribution < 1.29 is 119 Å². The summed E-state index contributed by atoms with van der Waals surface area (Å²) in [6, 6.07) is 0. The fraction of sp³-hybridized carbons (Fsp3) is 0.500. The van der Waals surface area contributed by atoms with Gasteiger partial charge in [-0.05, 0) is 0 Å². The monoisotopic (exact) mass is 790 g/mol. The van der Waals surface area contributed by atoms with Crippen molar-refractivity contribution in [3.63, 3.8) is 0 Å². The first-order valence-corrected chi connectivity index (χ1v) is 6.38. The number of hydrogen-bond acceptors (Lipinski definition) is 15. The van der Waals surface area contributed by atoms with Gasteiger partial charge in [0.15, 0.2) is 0 Å². The van der Waals surface area contributed by atoms with Crippen LogP contribution >= 0.6 is 0 Å². The second-order valence-electron chi connectivity index (χ2n) is 4.23. The normalized spacial score (nSPS) is 11.7. The van der Waals surface area contributed by atoms with Crippen molar-refractivity contribution in [3.05, 3.63) is 0 Å².